The highest BCUT2D eigenvalue weighted by Crippen LogP contribution is 2.48. The third kappa shape index (κ3) is 8.96. The zero-order chi connectivity index (χ0) is 54.6. The van der Waals surface area contributed by atoms with Gasteiger partial charge in [-0.1, -0.05) is 243 Å². The van der Waals surface area contributed by atoms with Crippen molar-refractivity contribution in [3.63, 3.8) is 0 Å². The minimum atomic E-state index is -0.0976. The van der Waals surface area contributed by atoms with Crippen LogP contribution in [0.25, 0.3) is 93.6 Å². The second kappa shape index (κ2) is 18.5. The fraction of sp³-hybridized carbons (Fsp3) is 0.270. The van der Waals surface area contributed by atoms with Gasteiger partial charge in [0.2, 0.25) is 0 Å². The van der Waals surface area contributed by atoms with Gasteiger partial charge in [-0.25, -0.2) is 0 Å². The fourth-order valence-electron chi connectivity index (χ4n) is 12.3. The Hall–Kier alpha value is -7.62. The van der Waals surface area contributed by atoms with Crippen molar-refractivity contribution in [1.29, 1.82) is 0 Å². The number of aromatic nitrogens is 3. The molecule has 0 aliphatic carbocycles. The molecular formula is C74H77N3. The molecule has 3 nitrogen and oxygen atoms in total. The van der Waals surface area contributed by atoms with Gasteiger partial charge >= 0.3 is 0 Å². The van der Waals surface area contributed by atoms with E-state index in [1.54, 1.807) is 0 Å². The van der Waals surface area contributed by atoms with Crippen LogP contribution < -0.4 is 0 Å². The molecule has 0 radical (unpaired) electrons. The number of hydrogen-bond donors (Lipinski definition) is 0. The lowest BCUT2D eigenvalue weighted by atomic mass is 9.74. The first-order chi connectivity index (χ1) is 36.4. The molecule has 12 aromatic rings. The summed E-state index contributed by atoms with van der Waals surface area (Å²) in [7, 11) is 0. The molecule has 3 aromatic heterocycles. The van der Waals surface area contributed by atoms with E-state index in [4.69, 9.17) is 0 Å². The quantitative estimate of drug-likeness (QED) is 0.167. The summed E-state index contributed by atoms with van der Waals surface area (Å²) in [5, 5.41) is 7.80. The van der Waals surface area contributed by atoms with Gasteiger partial charge in [0.25, 0.3) is 0 Å². The Kier molecular flexibility index (Phi) is 12.4. The van der Waals surface area contributed by atoms with Gasteiger partial charge in [-0.05, 0) is 109 Å². The Labute approximate surface area is 457 Å². The molecule has 3 heteroatoms. The molecule has 0 atom stereocenters. The van der Waals surface area contributed by atoms with Gasteiger partial charge in [0, 0.05) is 54.8 Å². The SMILES string of the molecule is CC(C)(C)c1c2c(cc3c4ccccc4n(-c4ccccc4)c13)c1ccccc1n2-c1ccccc1.CC(C)(C)c1cc(-c2cccc3c4ccccc4n(-c4cccc(C(C)(C)C)c4C(C)(C)C)c23)cc(C(C)(C)C)c1. The summed E-state index contributed by atoms with van der Waals surface area (Å²) < 4.78 is 7.51. The number of nitrogens with zero attached hydrogens (tertiary/aromatic N) is 3. The first-order valence-electron chi connectivity index (χ1n) is 27.9. The molecule has 3 heterocycles. The standard InChI is InChI=1S/C40H49N.C34H28N2/c1-37(2,3)27-23-26(24-28(25-27)38(4,5)6)29-18-15-19-31-30-17-13-14-21-33(30)41(36(29)31)34-22-16-20-32(39(7,8)9)35(34)40(10,11)12;1-34(2,3)31-32-27(25-18-10-12-20-29(25)35(32)23-14-6-4-7-15-23)22-28-26-19-11-13-21-30(26)36(33(28)31)24-16-8-5-9-17-24/h13-25H,1-12H3;4-22H,1-3H3. The predicted octanol–water partition coefficient (Wildman–Crippen LogP) is 20.8. The molecule has 77 heavy (non-hydrogen) atoms. The van der Waals surface area contributed by atoms with Crippen LogP contribution in [-0.4, -0.2) is 13.7 Å². The number of para-hydroxylation sites is 6. The molecule has 0 amide bonds. The number of rotatable bonds is 4. The Morgan fingerprint density at radius 1 is 0.273 bits per heavy atom. The Morgan fingerprint density at radius 3 is 1.12 bits per heavy atom. The zero-order valence-electron chi connectivity index (χ0n) is 48.3. The van der Waals surface area contributed by atoms with Crippen molar-refractivity contribution in [3.05, 3.63) is 222 Å². The van der Waals surface area contributed by atoms with E-state index in [2.05, 4.69) is 312 Å². The van der Waals surface area contributed by atoms with E-state index in [9.17, 15) is 0 Å². The van der Waals surface area contributed by atoms with Crippen LogP contribution in [0.2, 0.25) is 0 Å². The maximum absolute atomic E-state index is 2.57. The van der Waals surface area contributed by atoms with E-state index in [1.807, 2.05) is 0 Å². The van der Waals surface area contributed by atoms with Crippen LogP contribution in [0.3, 0.4) is 0 Å². The number of hydrogen-bond acceptors (Lipinski definition) is 0. The van der Waals surface area contributed by atoms with E-state index in [1.165, 1.54) is 121 Å². The predicted molar refractivity (Wildman–Crippen MR) is 335 cm³/mol. The molecule has 0 aliphatic heterocycles. The monoisotopic (exact) mass is 1010 g/mol. The largest absolute Gasteiger partial charge is 0.309 e. The van der Waals surface area contributed by atoms with Crippen LogP contribution in [0.5, 0.6) is 0 Å². The van der Waals surface area contributed by atoms with E-state index in [0.717, 1.165) is 0 Å². The molecule has 388 valence electrons. The highest BCUT2D eigenvalue weighted by Gasteiger charge is 2.32. The molecule has 0 spiro atoms. The summed E-state index contributed by atoms with van der Waals surface area (Å²) in [4.78, 5) is 0. The fourth-order valence-corrected chi connectivity index (χ4v) is 12.3. The molecule has 12 rings (SSSR count). The van der Waals surface area contributed by atoms with Gasteiger partial charge < -0.3 is 13.7 Å². The molecule has 0 bridgehead atoms. The average Bonchev–Trinajstić information content (AvgIpc) is 4.24. The Balaban J connectivity index is 0.000000165. The van der Waals surface area contributed by atoms with Gasteiger partial charge in [0.05, 0.1) is 38.8 Å². The highest BCUT2D eigenvalue weighted by atomic mass is 15.0. The smallest absolute Gasteiger partial charge is 0.0619 e. The van der Waals surface area contributed by atoms with Crippen molar-refractivity contribution in [2.45, 2.75) is 131 Å². The summed E-state index contributed by atoms with van der Waals surface area (Å²) in [6, 6.07) is 71.7. The van der Waals surface area contributed by atoms with E-state index in [-0.39, 0.29) is 27.1 Å². The topological polar surface area (TPSA) is 14.8 Å². The molecule has 0 saturated heterocycles. The van der Waals surface area contributed by atoms with E-state index in [0.29, 0.717) is 0 Å². The number of benzene rings is 9. The summed E-state index contributed by atoms with van der Waals surface area (Å²) in [5.74, 6) is 0. The summed E-state index contributed by atoms with van der Waals surface area (Å²) in [6.07, 6.45) is 0. The summed E-state index contributed by atoms with van der Waals surface area (Å²) >= 11 is 0. The van der Waals surface area contributed by atoms with Crippen molar-refractivity contribution in [2.24, 2.45) is 0 Å². The third-order valence-electron chi connectivity index (χ3n) is 15.9. The minimum Gasteiger partial charge on any atom is -0.309 e. The average molecular weight is 1010 g/mol. The van der Waals surface area contributed by atoms with Crippen molar-refractivity contribution >= 4 is 65.4 Å². The van der Waals surface area contributed by atoms with Crippen molar-refractivity contribution in [2.75, 3.05) is 0 Å². The van der Waals surface area contributed by atoms with Crippen LogP contribution in [-0.2, 0) is 27.1 Å². The molecule has 0 unspecified atom stereocenters. The van der Waals surface area contributed by atoms with Crippen molar-refractivity contribution < 1.29 is 0 Å². The van der Waals surface area contributed by atoms with Gasteiger partial charge in [-0.2, -0.15) is 0 Å². The summed E-state index contributed by atoms with van der Waals surface area (Å²) in [5.41, 5.74) is 20.8. The third-order valence-corrected chi connectivity index (χ3v) is 15.9. The first-order valence-corrected chi connectivity index (χ1v) is 27.9. The lowest BCUT2D eigenvalue weighted by Crippen LogP contribution is -2.24. The van der Waals surface area contributed by atoms with Crippen LogP contribution in [0.4, 0.5) is 0 Å². The van der Waals surface area contributed by atoms with Gasteiger partial charge in [-0.15, -0.1) is 0 Å². The van der Waals surface area contributed by atoms with Crippen LogP contribution in [0.15, 0.2) is 194 Å². The normalized spacial score (nSPS) is 12.9. The molecule has 0 fully saturated rings. The number of fused-ring (bicyclic) bond motifs is 9. The maximum Gasteiger partial charge on any atom is 0.0619 e. The first kappa shape index (κ1) is 51.5. The van der Waals surface area contributed by atoms with Gasteiger partial charge in [0.15, 0.2) is 0 Å². The molecule has 0 saturated carbocycles. The molecule has 9 aromatic carbocycles. The second-order valence-electron chi connectivity index (χ2n) is 26.7. The van der Waals surface area contributed by atoms with E-state index < -0.39 is 0 Å². The van der Waals surface area contributed by atoms with Gasteiger partial charge in [-0.3, -0.25) is 0 Å². The molecule has 0 N–H and O–H groups in total. The minimum absolute atomic E-state index is 0.0304. The Bertz CT molecular complexity index is 4030. The van der Waals surface area contributed by atoms with Crippen LogP contribution in [0.1, 0.15) is 132 Å². The van der Waals surface area contributed by atoms with E-state index >= 15 is 0 Å². The Morgan fingerprint density at radius 2 is 0.675 bits per heavy atom. The maximum atomic E-state index is 2.57. The lowest BCUT2D eigenvalue weighted by Gasteiger charge is -2.33. The zero-order valence-corrected chi connectivity index (χ0v) is 48.3. The van der Waals surface area contributed by atoms with Gasteiger partial charge in [0.1, 0.15) is 0 Å². The second-order valence-corrected chi connectivity index (χ2v) is 26.7. The van der Waals surface area contributed by atoms with Crippen LogP contribution >= 0.6 is 0 Å². The lowest BCUT2D eigenvalue weighted by molar-refractivity contribution is 0.528. The molecular weight excluding hydrogens is 931 g/mol. The highest BCUT2D eigenvalue weighted by molar-refractivity contribution is 6.21. The summed E-state index contributed by atoms with van der Waals surface area (Å²) in [6.45, 7) is 35.1. The molecule has 0 aliphatic rings. The van der Waals surface area contributed by atoms with Crippen molar-refractivity contribution in [3.8, 4) is 28.2 Å². The van der Waals surface area contributed by atoms with Crippen molar-refractivity contribution in [1.82, 2.24) is 13.7 Å². The van der Waals surface area contributed by atoms with Crippen LogP contribution in [0, 0.1) is 0 Å².